The molecule has 3 rings (SSSR count). The third kappa shape index (κ3) is 2.52. The molecule has 6 nitrogen and oxygen atoms in total. The lowest BCUT2D eigenvalue weighted by molar-refractivity contribution is 0.387. The van der Waals surface area contributed by atoms with E-state index in [1.165, 1.54) is 18.2 Å². The van der Waals surface area contributed by atoms with Gasteiger partial charge in [0.25, 0.3) is 5.56 Å². The van der Waals surface area contributed by atoms with Gasteiger partial charge in [-0.25, -0.2) is 4.98 Å². The maximum Gasteiger partial charge on any atom is 0.356 e. The molecule has 0 bridgehead atoms. The summed E-state index contributed by atoms with van der Waals surface area (Å²) in [7, 11) is -4.46. The summed E-state index contributed by atoms with van der Waals surface area (Å²) in [5.41, 5.74) is 0.335. The lowest BCUT2D eigenvalue weighted by Crippen LogP contribution is -2.14. The first-order valence-corrected chi connectivity index (χ1v) is 7.72. The van der Waals surface area contributed by atoms with Gasteiger partial charge in [0.1, 0.15) is 5.82 Å². The average Bonchev–Trinajstić information content (AvgIpc) is 2.46. The monoisotopic (exact) mass is 302 g/mol. The largest absolute Gasteiger partial charge is 0.356 e. The lowest BCUT2D eigenvalue weighted by Gasteiger charge is -2.10. The molecule has 0 radical (unpaired) electrons. The van der Waals surface area contributed by atoms with Gasteiger partial charge in [0.15, 0.2) is 0 Å². The van der Waals surface area contributed by atoms with Crippen LogP contribution in [0.2, 0.25) is 0 Å². The molecule has 0 spiro atoms. The van der Waals surface area contributed by atoms with E-state index in [1.807, 2.05) is 0 Å². The highest BCUT2D eigenvalue weighted by Gasteiger charge is 2.23. The Labute approximate surface area is 119 Å². The fourth-order valence-electron chi connectivity index (χ4n) is 2.14. The maximum absolute atomic E-state index is 12.0. The van der Waals surface area contributed by atoms with Crippen molar-refractivity contribution >= 4 is 23.8 Å². The molecule has 1 heterocycles. The molecule has 0 saturated heterocycles. The van der Waals surface area contributed by atoms with Crippen LogP contribution in [-0.2, 0) is 4.57 Å². The van der Waals surface area contributed by atoms with E-state index in [1.54, 1.807) is 30.3 Å². The second-order valence-corrected chi connectivity index (χ2v) is 6.06. The highest BCUT2D eigenvalue weighted by Crippen LogP contribution is 2.36. The molecule has 0 saturated carbocycles. The standard InChI is InChI=1S/C14H11N2O4P/c17-14-9-5-1-3-7-11(9)15-13(16-14)10-6-2-4-8-12(10)21(18,19)20/h1-8H,(H,15,16,17)(H2,18,19,20). The third-order valence-electron chi connectivity index (χ3n) is 3.09. The van der Waals surface area contributed by atoms with Gasteiger partial charge in [0.05, 0.1) is 16.2 Å². The third-order valence-corrected chi connectivity index (χ3v) is 4.10. The van der Waals surface area contributed by atoms with E-state index in [0.717, 1.165) is 0 Å². The summed E-state index contributed by atoms with van der Waals surface area (Å²) < 4.78 is 11.6. The summed E-state index contributed by atoms with van der Waals surface area (Å²) in [4.78, 5) is 37.7. The van der Waals surface area contributed by atoms with Crippen LogP contribution in [0.4, 0.5) is 0 Å². The van der Waals surface area contributed by atoms with Gasteiger partial charge >= 0.3 is 7.60 Å². The summed E-state index contributed by atoms with van der Waals surface area (Å²) in [5, 5.41) is 0.262. The van der Waals surface area contributed by atoms with Crippen LogP contribution in [0, 0.1) is 0 Å². The quantitative estimate of drug-likeness (QED) is 0.621. The van der Waals surface area contributed by atoms with Gasteiger partial charge in [0.2, 0.25) is 0 Å². The van der Waals surface area contributed by atoms with Crippen molar-refractivity contribution in [3.05, 3.63) is 58.9 Å². The molecular weight excluding hydrogens is 291 g/mol. The van der Waals surface area contributed by atoms with Crippen molar-refractivity contribution in [2.45, 2.75) is 0 Å². The fraction of sp³-hybridized carbons (Fsp3) is 0. The first kappa shape index (κ1) is 13.7. The van der Waals surface area contributed by atoms with Crippen LogP contribution in [0.15, 0.2) is 53.3 Å². The van der Waals surface area contributed by atoms with E-state index in [9.17, 15) is 19.1 Å². The van der Waals surface area contributed by atoms with E-state index in [4.69, 9.17) is 0 Å². The molecule has 0 amide bonds. The number of rotatable bonds is 2. The zero-order valence-electron chi connectivity index (χ0n) is 10.7. The zero-order chi connectivity index (χ0) is 15.0. The zero-order valence-corrected chi connectivity index (χ0v) is 11.6. The number of aromatic nitrogens is 2. The fourth-order valence-corrected chi connectivity index (χ4v) is 2.92. The minimum atomic E-state index is -4.46. The van der Waals surface area contributed by atoms with Gasteiger partial charge in [-0.1, -0.05) is 30.3 Å². The molecule has 1 aromatic heterocycles. The first-order chi connectivity index (χ1) is 9.97. The number of fused-ring (bicyclic) bond motifs is 1. The number of H-pyrrole nitrogens is 1. The summed E-state index contributed by atoms with van der Waals surface area (Å²) in [6.07, 6.45) is 0. The van der Waals surface area contributed by atoms with Crippen LogP contribution in [0.5, 0.6) is 0 Å². The van der Waals surface area contributed by atoms with E-state index >= 15 is 0 Å². The molecule has 0 fully saturated rings. The molecular formula is C14H11N2O4P. The van der Waals surface area contributed by atoms with Gasteiger partial charge in [-0.3, -0.25) is 9.36 Å². The van der Waals surface area contributed by atoms with Gasteiger partial charge in [-0.2, -0.15) is 0 Å². The van der Waals surface area contributed by atoms with E-state index in [-0.39, 0.29) is 22.3 Å². The SMILES string of the molecule is O=c1[nH]c(-c2ccccc2P(=O)(O)O)nc2ccccc12. The van der Waals surface area contributed by atoms with Gasteiger partial charge < -0.3 is 14.8 Å². The number of nitrogens with zero attached hydrogens (tertiary/aromatic N) is 1. The lowest BCUT2D eigenvalue weighted by atomic mass is 10.2. The molecule has 7 heteroatoms. The predicted molar refractivity (Wildman–Crippen MR) is 79.5 cm³/mol. The molecule has 106 valence electrons. The van der Waals surface area contributed by atoms with Crippen LogP contribution in [0.25, 0.3) is 22.3 Å². The Balaban J connectivity index is 2.32. The van der Waals surface area contributed by atoms with Crippen LogP contribution >= 0.6 is 7.60 Å². The van der Waals surface area contributed by atoms with Gasteiger partial charge in [-0.05, 0) is 18.2 Å². The summed E-state index contributed by atoms with van der Waals surface area (Å²) in [5.74, 6) is 0.137. The second kappa shape index (κ2) is 4.93. The number of hydrogen-bond acceptors (Lipinski definition) is 3. The topological polar surface area (TPSA) is 103 Å². The molecule has 0 aliphatic rings. The van der Waals surface area contributed by atoms with Crippen LogP contribution in [-0.4, -0.2) is 19.8 Å². The minimum absolute atomic E-state index is 0.137. The van der Waals surface area contributed by atoms with Crippen LogP contribution < -0.4 is 10.9 Å². The molecule has 0 aliphatic heterocycles. The summed E-state index contributed by atoms with van der Waals surface area (Å²) >= 11 is 0. The number of benzene rings is 2. The van der Waals surface area contributed by atoms with Crippen molar-refractivity contribution in [3.8, 4) is 11.4 Å². The van der Waals surface area contributed by atoms with Crippen molar-refractivity contribution in [1.29, 1.82) is 0 Å². The Kier molecular flexibility index (Phi) is 3.22. The number of hydrogen-bond donors (Lipinski definition) is 3. The maximum atomic E-state index is 12.0. The molecule has 21 heavy (non-hydrogen) atoms. The minimum Gasteiger partial charge on any atom is -0.321 e. The Hall–Kier alpha value is -2.27. The van der Waals surface area contributed by atoms with Crippen molar-refractivity contribution in [2.75, 3.05) is 0 Å². The van der Waals surface area contributed by atoms with Crippen LogP contribution in [0.1, 0.15) is 0 Å². The Morgan fingerprint density at radius 1 is 1.00 bits per heavy atom. The molecule has 3 N–H and O–H groups in total. The first-order valence-electron chi connectivity index (χ1n) is 6.11. The average molecular weight is 302 g/mol. The van der Waals surface area contributed by atoms with Crippen molar-refractivity contribution in [3.63, 3.8) is 0 Å². The van der Waals surface area contributed by atoms with Gasteiger partial charge in [-0.15, -0.1) is 0 Å². The second-order valence-electron chi connectivity index (χ2n) is 4.49. The van der Waals surface area contributed by atoms with Crippen molar-refractivity contribution in [1.82, 2.24) is 9.97 Å². The Morgan fingerprint density at radius 3 is 2.43 bits per heavy atom. The molecule has 3 aromatic rings. The van der Waals surface area contributed by atoms with Crippen molar-refractivity contribution in [2.24, 2.45) is 0 Å². The van der Waals surface area contributed by atoms with Crippen LogP contribution in [0.3, 0.4) is 0 Å². The van der Waals surface area contributed by atoms with E-state index in [2.05, 4.69) is 9.97 Å². The normalized spacial score (nSPS) is 11.7. The Morgan fingerprint density at radius 2 is 1.67 bits per heavy atom. The highest BCUT2D eigenvalue weighted by molar-refractivity contribution is 7.60. The smallest absolute Gasteiger partial charge is 0.321 e. The van der Waals surface area contributed by atoms with Gasteiger partial charge in [0, 0.05) is 5.56 Å². The molecule has 0 aliphatic carbocycles. The van der Waals surface area contributed by atoms with E-state index < -0.39 is 7.60 Å². The molecule has 2 aromatic carbocycles. The van der Waals surface area contributed by atoms with Crippen molar-refractivity contribution < 1.29 is 14.4 Å². The number of nitrogens with one attached hydrogen (secondary N) is 1. The summed E-state index contributed by atoms with van der Waals surface area (Å²) in [6.45, 7) is 0. The number of aromatic amines is 1. The molecule has 0 atom stereocenters. The molecule has 0 unspecified atom stereocenters. The van der Waals surface area contributed by atoms with E-state index in [0.29, 0.717) is 10.9 Å². The Bertz CT molecular complexity index is 929. The summed E-state index contributed by atoms with van der Waals surface area (Å²) in [6, 6.07) is 12.8. The highest BCUT2D eigenvalue weighted by atomic mass is 31.2. The number of para-hydroxylation sites is 1. The predicted octanol–water partition coefficient (Wildman–Crippen LogP) is 1.39.